The first kappa shape index (κ1) is 15.5. The number of hydrogen-bond acceptors (Lipinski definition) is 7. The third-order valence-electron chi connectivity index (χ3n) is 4.46. The monoisotopic (exact) mass is 339 g/mol. The lowest BCUT2D eigenvalue weighted by atomic mass is 10.1. The summed E-state index contributed by atoms with van der Waals surface area (Å²) in [6.45, 7) is 2.28. The summed E-state index contributed by atoms with van der Waals surface area (Å²) in [5, 5.41) is 17.7. The molecule has 9 heteroatoms. The molecule has 1 fully saturated rings. The van der Waals surface area contributed by atoms with Crippen LogP contribution in [-0.4, -0.2) is 67.2 Å². The number of aromatic nitrogens is 5. The maximum Gasteiger partial charge on any atom is 0.337 e. The minimum Gasteiger partial charge on any atom is -0.478 e. The Hall–Kier alpha value is -3.07. The number of rotatable bonds is 3. The number of fused-ring (bicyclic) bond motifs is 1. The second kappa shape index (κ2) is 6.10. The van der Waals surface area contributed by atoms with Gasteiger partial charge in [-0.15, -0.1) is 10.2 Å². The predicted molar refractivity (Wildman–Crippen MR) is 89.6 cm³/mol. The van der Waals surface area contributed by atoms with Crippen LogP contribution in [0, 0.1) is 0 Å². The van der Waals surface area contributed by atoms with Crippen LogP contribution in [0.2, 0.25) is 0 Å². The van der Waals surface area contributed by atoms with Crippen molar-refractivity contribution < 1.29 is 9.90 Å². The zero-order chi connectivity index (χ0) is 17.4. The molecular weight excluding hydrogens is 322 g/mol. The molecule has 0 amide bonds. The van der Waals surface area contributed by atoms with Gasteiger partial charge in [-0.2, -0.15) is 0 Å². The summed E-state index contributed by atoms with van der Waals surface area (Å²) in [6.07, 6.45) is 5.02. The number of aromatic carboxylic acids is 1. The quantitative estimate of drug-likeness (QED) is 0.745. The fourth-order valence-electron chi connectivity index (χ4n) is 3.05. The van der Waals surface area contributed by atoms with E-state index in [4.69, 9.17) is 0 Å². The Morgan fingerprint density at radius 1 is 1.20 bits per heavy atom. The third kappa shape index (κ3) is 2.78. The molecule has 1 atom stereocenters. The topological polar surface area (TPSA) is 99.8 Å². The maximum atomic E-state index is 11.3. The van der Waals surface area contributed by atoms with E-state index in [2.05, 4.69) is 30.0 Å². The second-order valence-electron chi connectivity index (χ2n) is 6.00. The summed E-state index contributed by atoms with van der Waals surface area (Å²) < 4.78 is 1.75. The van der Waals surface area contributed by atoms with Crippen molar-refractivity contribution in [2.75, 3.05) is 31.6 Å². The molecule has 1 aliphatic heterocycles. The average Bonchev–Trinajstić information content (AvgIpc) is 3.06. The van der Waals surface area contributed by atoms with Crippen molar-refractivity contribution in [1.82, 2.24) is 29.5 Å². The second-order valence-corrected chi connectivity index (χ2v) is 6.00. The first-order chi connectivity index (χ1) is 12.1. The largest absolute Gasteiger partial charge is 0.478 e. The van der Waals surface area contributed by atoms with Crippen LogP contribution in [0.1, 0.15) is 22.2 Å². The fraction of sp³-hybridized carbons (Fsp3) is 0.312. The number of nitrogens with zero attached hydrogens (tertiary/aromatic N) is 7. The minimum atomic E-state index is -0.974. The fourth-order valence-corrected chi connectivity index (χ4v) is 3.05. The first-order valence-electron chi connectivity index (χ1n) is 7.93. The highest BCUT2D eigenvalue weighted by Gasteiger charge is 2.30. The van der Waals surface area contributed by atoms with Gasteiger partial charge < -0.3 is 10.0 Å². The number of anilines is 1. The summed E-state index contributed by atoms with van der Waals surface area (Å²) >= 11 is 0. The molecule has 0 spiro atoms. The smallest absolute Gasteiger partial charge is 0.337 e. The van der Waals surface area contributed by atoms with Crippen LogP contribution in [0.3, 0.4) is 0 Å². The van der Waals surface area contributed by atoms with Crippen molar-refractivity contribution >= 4 is 17.6 Å². The lowest BCUT2D eigenvalue weighted by molar-refractivity contribution is 0.0696. The Morgan fingerprint density at radius 3 is 2.76 bits per heavy atom. The van der Waals surface area contributed by atoms with Gasteiger partial charge in [0, 0.05) is 38.2 Å². The highest BCUT2D eigenvalue weighted by Crippen LogP contribution is 2.25. The molecule has 0 aromatic carbocycles. The van der Waals surface area contributed by atoms with Crippen LogP contribution in [0.5, 0.6) is 0 Å². The normalized spacial score (nSPS) is 18.6. The molecule has 0 radical (unpaired) electrons. The van der Waals surface area contributed by atoms with Crippen LogP contribution in [-0.2, 0) is 0 Å². The molecule has 4 rings (SSSR count). The third-order valence-corrected chi connectivity index (χ3v) is 4.46. The molecule has 4 heterocycles. The van der Waals surface area contributed by atoms with Gasteiger partial charge in [0.15, 0.2) is 11.5 Å². The summed E-state index contributed by atoms with van der Waals surface area (Å²) in [5.41, 5.74) is 0.830. The van der Waals surface area contributed by atoms with Gasteiger partial charge in [-0.3, -0.25) is 9.30 Å². The molecule has 1 saturated heterocycles. The molecule has 3 aromatic rings. The van der Waals surface area contributed by atoms with Crippen LogP contribution in [0.15, 0.2) is 36.8 Å². The number of carboxylic acid groups (broad SMARTS) is 1. The summed E-state index contributed by atoms with van der Waals surface area (Å²) in [5.74, 6) is 0.416. The van der Waals surface area contributed by atoms with Crippen molar-refractivity contribution in [2.45, 2.75) is 6.04 Å². The Kier molecular flexibility index (Phi) is 3.77. The van der Waals surface area contributed by atoms with E-state index < -0.39 is 5.97 Å². The van der Waals surface area contributed by atoms with Crippen molar-refractivity contribution in [2.24, 2.45) is 0 Å². The Morgan fingerprint density at radius 2 is 2.00 bits per heavy atom. The van der Waals surface area contributed by atoms with E-state index in [1.54, 1.807) is 35.1 Å². The van der Waals surface area contributed by atoms with Crippen molar-refractivity contribution in [1.29, 1.82) is 0 Å². The number of carboxylic acids is 1. The van der Waals surface area contributed by atoms with Gasteiger partial charge in [0.2, 0.25) is 5.95 Å². The summed E-state index contributed by atoms with van der Waals surface area (Å²) in [4.78, 5) is 24.2. The minimum absolute atomic E-state index is 0.0448. The van der Waals surface area contributed by atoms with Gasteiger partial charge in [0.1, 0.15) is 0 Å². The zero-order valence-corrected chi connectivity index (χ0v) is 13.6. The molecule has 0 aliphatic carbocycles. The van der Waals surface area contributed by atoms with E-state index in [-0.39, 0.29) is 11.6 Å². The summed E-state index contributed by atoms with van der Waals surface area (Å²) in [7, 11) is 2.02. The van der Waals surface area contributed by atoms with Crippen LogP contribution < -0.4 is 4.90 Å². The first-order valence-corrected chi connectivity index (χ1v) is 7.93. The lowest BCUT2D eigenvalue weighted by Crippen LogP contribution is -2.47. The van der Waals surface area contributed by atoms with Crippen molar-refractivity contribution in [3.05, 3.63) is 48.2 Å². The Labute approximate surface area is 143 Å². The van der Waals surface area contributed by atoms with Gasteiger partial charge in [0.05, 0.1) is 11.6 Å². The van der Waals surface area contributed by atoms with Gasteiger partial charge in [-0.05, 0) is 25.2 Å². The number of pyridine rings is 1. The van der Waals surface area contributed by atoms with Gasteiger partial charge in [0.25, 0.3) is 0 Å². The zero-order valence-electron chi connectivity index (χ0n) is 13.6. The molecule has 128 valence electrons. The SMILES string of the molecule is CN1CCN(c2ncccn2)CC1c1nnc2ccc(C(=O)O)cn12. The van der Waals surface area contributed by atoms with Gasteiger partial charge in [-0.25, -0.2) is 14.8 Å². The Balaban J connectivity index is 1.71. The molecule has 1 aliphatic rings. The van der Waals surface area contributed by atoms with Crippen LogP contribution in [0.4, 0.5) is 5.95 Å². The molecular formula is C16H17N7O2. The van der Waals surface area contributed by atoms with Gasteiger partial charge >= 0.3 is 5.97 Å². The molecule has 3 aromatic heterocycles. The summed E-state index contributed by atoms with van der Waals surface area (Å²) in [6, 6.07) is 4.94. The van der Waals surface area contributed by atoms with E-state index in [9.17, 15) is 9.90 Å². The Bertz CT molecular complexity index is 911. The van der Waals surface area contributed by atoms with E-state index >= 15 is 0 Å². The number of likely N-dealkylation sites (N-methyl/N-ethyl adjacent to an activating group) is 1. The molecule has 0 saturated carbocycles. The van der Waals surface area contributed by atoms with Crippen LogP contribution >= 0.6 is 0 Å². The van der Waals surface area contributed by atoms with Crippen LogP contribution in [0.25, 0.3) is 5.65 Å². The molecule has 1 N–H and O–H groups in total. The lowest BCUT2D eigenvalue weighted by Gasteiger charge is -2.38. The molecule has 1 unspecified atom stereocenters. The standard InChI is InChI=1S/C16H17N7O2/c1-21-7-8-22(16-17-5-2-6-18-16)10-12(21)14-20-19-13-4-3-11(15(24)25)9-23(13)14/h2-6,9,12H,7-8,10H2,1H3,(H,24,25). The average molecular weight is 339 g/mol. The number of carbonyl (C=O) groups is 1. The van der Waals surface area contributed by atoms with Gasteiger partial charge in [-0.1, -0.05) is 0 Å². The number of piperazine rings is 1. The number of hydrogen-bond donors (Lipinski definition) is 1. The molecule has 9 nitrogen and oxygen atoms in total. The maximum absolute atomic E-state index is 11.3. The van der Waals surface area contributed by atoms with E-state index in [1.807, 2.05) is 7.05 Å². The van der Waals surface area contributed by atoms with Crippen molar-refractivity contribution in [3.8, 4) is 0 Å². The highest BCUT2D eigenvalue weighted by atomic mass is 16.4. The predicted octanol–water partition coefficient (Wildman–Crippen LogP) is 0.711. The molecule has 0 bridgehead atoms. The van der Waals surface area contributed by atoms with E-state index in [0.717, 1.165) is 13.1 Å². The highest BCUT2D eigenvalue weighted by molar-refractivity contribution is 5.87. The van der Waals surface area contributed by atoms with E-state index in [1.165, 1.54) is 6.07 Å². The molecule has 25 heavy (non-hydrogen) atoms. The van der Waals surface area contributed by atoms with E-state index in [0.29, 0.717) is 24.0 Å². The van der Waals surface area contributed by atoms with Crippen molar-refractivity contribution in [3.63, 3.8) is 0 Å².